The zero-order valence-electron chi connectivity index (χ0n) is 17.6. The lowest BCUT2D eigenvalue weighted by Gasteiger charge is -2.14. The average Bonchev–Trinajstić information content (AvgIpc) is 3.22. The molecule has 1 aromatic carbocycles. The molecule has 6 heteroatoms. The summed E-state index contributed by atoms with van der Waals surface area (Å²) in [5.74, 6) is 0.416. The molecule has 156 valence electrons. The van der Waals surface area contributed by atoms with Crippen molar-refractivity contribution in [2.75, 3.05) is 0 Å². The van der Waals surface area contributed by atoms with Gasteiger partial charge in [-0.15, -0.1) is 0 Å². The quantitative estimate of drug-likeness (QED) is 0.431. The molecular formula is C26H20N4O2. The molecule has 3 aromatic heterocycles. The minimum atomic E-state index is -0.182. The lowest BCUT2D eigenvalue weighted by Crippen LogP contribution is -2.20. The van der Waals surface area contributed by atoms with Gasteiger partial charge in [0.1, 0.15) is 0 Å². The van der Waals surface area contributed by atoms with Gasteiger partial charge in [0, 0.05) is 40.1 Å². The predicted molar refractivity (Wildman–Crippen MR) is 122 cm³/mol. The summed E-state index contributed by atoms with van der Waals surface area (Å²) in [4.78, 5) is 43.0. The summed E-state index contributed by atoms with van der Waals surface area (Å²) in [6, 6.07) is 9.37. The SMILES string of the molecule is Cc1cc(-c2ccc3[nH]c4c(c3c2)C(=O)c2cnccc2C4=O)nc(C2=CCCCC2)n1. The van der Waals surface area contributed by atoms with Crippen LogP contribution in [0.2, 0.25) is 0 Å². The first-order chi connectivity index (χ1) is 15.6. The van der Waals surface area contributed by atoms with E-state index in [1.165, 1.54) is 24.4 Å². The van der Waals surface area contributed by atoms with E-state index in [1.54, 1.807) is 6.07 Å². The van der Waals surface area contributed by atoms with Crippen LogP contribution >= 0.6 is 0 Å². The van der Waals surface area contributed by atoms with Gasteiger partial charge in [0.2, 0.25) is 5.78 Å². The molecule has 3 heterocycles. The van der Waals surface area contributed by atoms with Crippen molar-refractivity contribution < 1.29 is 9.59 Å². The molecule has 0 bridgehead atoms. The summed E-state index contributed by atoms with van der Waals surface area (Å²) >= 11 is 0. The molecule has 0 aliphatic heterocycles. The maximum absolute atomic E-state index is 13.2. The number of pyridine rings is 1. The average molecular weight is 420 g/mol. The van der Waals surface area contributed by atoms with E-state index in [4.69, 9.17) is 4.98 Å². The van der Waals surface area contributed by atoms with E-state index in [2.05, 4.69) is 21.0 Å². The van der Waals surface area contributed by atoms with Gasteiger partial charge in [-0.2, -0.15) is 0 Å². The Kier molecular flexibility index (Phi) is 4.15. The molecule has 2 aliphatic rings. The second-order valence-electron chi connectivity index (χ2n) is 8.41. The highest BCUT2D eigenvalue weighted by Crippen LogP contribution is 2.35. The van der Waals surface area contributed by atoms with Gasteiger partial charge >= 0.3 is 0 Å². The Bertz CT molecular complexity index is 1480. The summed E-state index contributed by atoms with van der Waals surface area (Å²) < 4.78 is 0. The molecule has 0 saturated heterocycles. The topological polar surface area (TPSA) is 88.6 Å². The van der Waals surface area contributed by atoms with Crippen molar-refractivity contribution in [2.45, 2.75) is 32.6 Å². The summed E-state index contributed by atoms with van der Waals surface area (Å²) in [6.07, 6.45) is 9.68. The molecule has 0 radical (unpaired) electrons. The van der Waals surface area contributed by atoms with Gasteiger partial charge in [-0.1, -0.05) is 12.1 Å². The Morgan fingerprint density at radius 3 is 2.72 bits per heavy atom. The number of nitrogens with zero attached hydrogens (tertiary/aromatic N) is 3. The maximum Gasteiger partial charge on any atom is 0.210 e. The fourth-order valence-corrected chi connectivity index (χ4v) is 4.70. The Morgan fingerprint density at radius 2 is 1.88 bits per heavy atom. The number of aryl methyl sites for hydroxylation is 1. The number of nitrogens with one attached hydrogen (secondary N) is 1. The summed E-state index contributed by atoms with van der Waals surface area (Å²) in [6.45, 7) is 1.97. The van der Waals surface area contributed by atoms with Crippen LogP contribution in [-0.4, -0.2) is 31.5 Å². The number of benzene rings is 1. The molecular weight excluding hydrogens is 400 g/mol. The summed E-state index contributed by atoms with van der Waals surface area (Å²) in [5, 5.41) is 0.722. The maximum atomic E-state index is 13.2. The standard InChI is InChI=1S/C26H20N4O2/c1-14-11-21(30-26(28-14)15-5-3-2-4-6-15)16-7-8-20-18(12-16)22-23(29-20)25(32)17-9-10-27-13-19(17)24(22)31/h5,7-13,29H,2-4,6H2,1H3. The zero-order valence-corrected chi connectivity index (χ0v) is 17.6. The molecule has 0 spiro atoms. The van der Waals surface area contributed by atoms with Crippen LogP contribution in [0.1, 0.15) is 69.2 Å². The van der Waals surface area contributed by atoms with Crippen LogP contribution in [0.15, 0.2) is 48.8 Å². The lowest BCUT2D eigenvalue weighted by molar-refractivity contribution is 0.0977. The number of H-pyrrole nitrogens is 1. The number of aromatic nitrogens is 4. The van der Waals surface area contributed by atoms with Crippen LogP contribution < -0.4 is 0 Å². The van der Waals surface area contributed by atoms with E-state index in [1.807, 2.05) is 31.2 Å². The van der Waals surface area contributed by atoms with Crippen molar-refractivity contribution in [2.24, 2.45) is 0 Å². The van der Waals surface area contributed by atoms with Crippen molar-refractivity contribution in [3.05, 3.63) is 82.7 Å². The number of hydrogen-bond donors (Lipinski definition) is 1. The molecule has 0 amide bonds. The van der Waals surface area contributed by atoms with E-state index in [0.717, 1.165) is 52.9 Å². The zero-order chi connectivity index (χ0) is 21.8. The summed E-state index contributed by atoms with van der Waals surface area (Å²) in [5.41, 5.74) is 6.04. The smallest absolute Gasteiger partial charge is 0.210 e. The minimum absolute atomic E-state index is 0.181. The first-order valence-corrected chi connectivity index (χ1v) is 10.8. The second-order valence-corrected chi connectivity index (χ2v) is 8.41. The third-order valence-electron chi connectivity index (χ3n) is 6.29. The molecule has 6 nitrogen and oxygen atoms in total. The Balaban J connectivity index is 1.51. The molecule has 2 aliphatic carbocycles. The fraction of sp³-hybridized carbons (Fsp3) is 0.192. The van der Waals surface area contributed by atoms with E-state index in [9.17, 15) is 9.59 Å². The van der Waals surface area contributed by atoms with Crippen LogP contribution in [-0.2, 0) is 0 Å². The first-order valence-electron chi connectivity index (χ1n) is 10.8. The van der Waals surface area contributed by atoms with Crippen molar-refractivity contribution in [1.82, 2.24) is 19.9 Å². The fourth-order valence-electron chi connectivity index (χ4n) is 4.70. The van der Waals surface area contributed by atoms with E-state index in [-0.39, 0.29) is 11.6 Å². The number of hydrogen-bond acceptors (Lipinski definition) is 5. The van der Waals surface area contributed by atoms with Gasteiger partial charge in [-0.05, 0) is 62.4 Å². The highest BCUT2D eigenvalue weighted by Gasteiger charge is 2.33. The third-order valence-corrected chi connectivity index (χ3v) is 6.29. The number of ketones is 2. The van der Waals surface area contributed by atoms with Gasteiger partial charge < -0.3 is 4.98 Å². The van der Waals surface area contributed by atoms with Gasteiger partial charge in [0.05, 0.1) is 22.5 Å². The van der Waals surface area contributed by atoms with Gasteiger partial charge in [-0.25, -0.2) is 9.97 Å². The lowest BCUT2D eigenvalue weighted by atomic mass is 9.88. The number of fused-ring (bicyclic) bond motifs is 4. The molecule has 32 heavy (non-hydrogen) atoms. The number of rotatable bonds is 2. The molecule has 1 N–H and O–H groups in total. The highest BCUT2D eigenvalue weighted by atomic mass is 16.1. The number of carbonyl (C=O) groups is 2. The Labute approximate surface area is 184 Å². The van der Waals surface area contributed by atoms with Gasteiger partial charge in [-0.3, -0.25) is 14.6 Å². The molecule has 0 unspecified atom stereocenters. The monoisotopic (exact) mass is 420 g/mol. The molecule has 0 fully saturated rings. The van der Waals surface area contributed by atoms with Crippen LogP contribution in [0.5, 0.6) is 0 Å². The van der Waals surface area contributed by atoms with Crippen LogP contribution in [0.25, 0.3) is 27.7 Å². The highest BCUT2D eigenvalue weighted by molar-refractivity contribution is 6.32. The van der Waals surface area contributed by atoms with E-state index in [0.29, 0.717) is 22.4 Å². The molecule has 4 aromatic rings. The van der Waals surface area contributed by atoms with Gasteiger partial charge in [0.15, 0.2) is 11.6 Å². The Hall–Kier alpha value is -3.93. The molecule has 0 saturated carbocycles. The third kappa shape index (κ3) is 2.83. The van der Waals surface area contributed by atoms with Crippen molar-refractivity contribution >= 4 is 28.0 Å². The normalized spacial score (nSPS) is 15.5. The van der Waals surface area contributed by atoms with E-state index < -0.39 is 0 Å². The first kappa shape index (κ1) is 18.8. The molecule has 6 rings (SSSR count). The second kappa shape index (κ2) is 7.05. The largest absolute Gasteiger partial charge is 0.351 e. The number of carbonyl (C=O) groups excluding carboxylic acids is 2. The number of allylic oxidation sites excluding steroid dienone is 2. The van der Waals surface area contributed by atoms with Crippen LogP contribution in [0.4, 0.5) is 0 Å². The van der Waals surface area contributed by atoms with Crippen molar-refractivity contribution in [3.63, 3.8) is 0 Å². The Morgan fingerprint density at radius 1 is 0.969 bits per heavy atom. The van der Waals surface area contributed by atoms with Crippen LogP contribution in [0, 0.1) is 6.92 Å². The predicted octanol–water partition coefficient (Wildman–Crippen LogP) is 5.06. The van der Waals surface area contributed by atoms with Gasteiger partial charge in [0.25, 0.3) is 0 Å². The van der Waals surface area contributed by atoms with Crippen LogP contribution in [0.3, 0.4) is 0 Å². The molecule has 0 atom stereocenters. The minimum Gasteiger partial charge on any atom is -0.351 e. The van der Waals surface area contributed by atoms with Crippen molar-refractivity contribution in [3.8, 4) is 11.3 Å². The van der Waals surface area contributed by atoms with E-state index >= 15 is 0 Å². The van der Waals surface area contributed by atoms with Crippen molar-refractivity contribution in [1.29, 1.82) is 0 Å². The number of aromatic amines is 1. The summed E-state index contributed by atoms with van der Waals surface area (Å²) in [7, 11) is 0.